The van der Waals surface area contributed by atoms with Crippen molar-refractivity contribution >= 4 is 0 Å². The molecular formula is C8H18O2. The van der Waals surface area contributed by atoms with Gasteiger partial charge < -0.3 is 9.47 Å². The summed E-state index contributed by atoms with van der Waals surface area (Å²) in [6, 6.07) is 0. The lowest BCUT2D eigenvalue weighted by atomic mass is 10.2. The zero-order valence-corrected chi connectivity index (χ0v) is 7.39. The summed E-state index contributed by atoms with van der Waals surface area (Å²) in [5.74, 6) is 0. The minimum Gasteiger partial charge on any atom is -0.376 e. The summed E-state index contributed by atoms with van der Waals surface area (Å²) in [6.45, 7) is 9.58. The molecule has 0 aliphatic rings. The van der Waals surface area contributed by atoms with Gasteiger partial charge in [0.2, 0.25) is 0 Å². The highest BCUT2D eigenvalue weighted by molar-refractivity contribution is 4.58. The minimum atomic E-state index is 0.213. The Morgan fingerprint density at radius 2 is 1.20 bits per heavy atom. The molecule has 0 heterocycles. The number of rotatable bonds is 5. The summed E-state index contributed by atoms with van der Waals surface area (Å²) in [5.41, 5.74) is 0. The quantitative estimate of drug-likeness (QED) is 0.589. The average molecular weight is 146 g/mol. The number of hydrogen-bond acceptors (Lipinski definition) is 2. The maximum Gasteiger partial charge on any atom is 0.0805 e. The molecule has 0 aliphatic carbocycles. The Morgan fingerprint density at radius 1 is 0.900 bits per heavy atom. The van der Waals surface area contributed by atoms with Crippen molar-refractivity contribution in [2.24, 2.45) is 0 Å². The maximum absolute atomic E-state index is 5.33. The van der Waals surface area contributed by atoms with Crippen LogP contribution in [0.25, 0.3) is 0 Å². The van der Waals surface area contributed by atoms with E-state index in [1.807, 2.05) is 27.7 Å². The van der Waals surface area contributed by atoms with Gasteiger partial charge in [0.15, 0.2) is 0 Å². The van der Waals surface area contributed by atoms with Crippen LogP contribution in [0.4, 0.5) is 0 Å². The highest BCUT2D eigenvalue weighted by Gasteiger charge is 2.10. The van der Waals surface area contributed by atoms with Gasteiger partial charge in [-0.15, -0.1) is 0 Å². The second-order valence-corrected chi connectivity index (χ2v) is 2.32. The Morgan fingerprint density at radius 3 is 1.40 bits per heavy atom. The second kappa shape index (κ2) is 5.69. The molecule has 2 atom stereocenters. The largest absolute Gasteiger partial charge is 0.376 e. The first-order valence-corrected chi connectivity index (χ1v) is 3.95. The maximum atomic E-state index is 5.33. The highest BCUT2D eigenvalue weighted by atomic mass is 16.5. The molecule has 0 aromatic heterocycles. The molecule has 0 unspecified atom stereocenters. The van der Waals surface area contributed by atoms with Crippen LogP contribution in [-0.2, 0) is 9.47 Å². The molecule has 0 aliphatic heterocycles. The van der Waals surface area contributed by atoms with Gasteiger partial charge in [0.05, 0.1) is 12.2 Å². The molecule has 62 valence electrons. The zero-order valence-electron chi connectivity index (χ0n) is 7.39. The van der Waals surface area contributed by atoms with Crippen LogP contribution < -0.4 is 0 Å². The Hall–Kier alpha value is -0.0800. The van der Waals surface area contributed by atoms with Gasteiger partial charge in [0.25, 0.3) is 0 Å². The zero-order chi connectivity index (χ0) is 7.98. The Bertz CT molecular complexity index is 63.7. The van der Waals surface area contributed by atoms with Gasteiger partial charge in [0, 0.05) is 13.2 Å². The smallest absolute Gasteiger partial charge is 0.0805 e. The van der Waals surface area contributed by atoms with Crippen molar-refractivity contribution < 1.29 is 9.47 Å². The SMILES string of the molecule is CCO[C@H](C)[C@@H](C)OCC. The van der Waals surface area contributed by atoms with Crippen molar-refractivity contribution in [2.75, 3.05) is 13.2 Å². The molecule has 2 heteroatoms. The van der Waals surface area contributed by atoms with Crippen molar-refractivity contribution in [1.82, 2.24) is 0 Å². The van der Waals surface area contributed by atoms with Gasteiger partial charge in [-0.25, -0.2) is 0 Å². The molecular weight excluding hydrogens is 128 g/mol. The van der Waals surface area contributed by atoms with Crippen molar-refractivity contribution in [3.05, 3.63) is 0 Å². The molecule has 0 bridgehead atoms. The predicted molar refractivity (Wildman–Crippen MR) is 42.2 cm³/mol. The fraction of sp³-hybridized carbons (Fsp3) is 1.00. The molecule has 10 heavy (non-hydrogen) atoms. The molecule has 0 spiro atoms. The molecule has 0 saturated heterocycles. The van der Waals surface area contributed by atoms with E-state index in [1.54, 1.807) is 0 Å². The van der Waals surface area contributed by atoms with Crippen molar-refractivity contribution in [1.29, 1.82) is 0 Å². The fourth-order valence-corrected chi connectivity index (χ4v) is 0.797. The molecule has 0 aromatic rings. The normalized spacial score (nSPS) is 16.8. The van der Waals surface area contributed by atoms with Gasteiger partial charge in [-0.1, -0.05) is 0 Å². The molecule has 2 nitrogen and oxygen atoms in total. The Kier molecular flexibility index (Phi) is 5.64. The molecule has 0 N–H and O–H groups in total. The summed E-state index contributed by atoms with van der Waals surface area (Å²) in [5, 5.41) is 0. The Labute approximate surface area is 63.5 Å². The van der Waals surface area contributed by atoms with Crippen molar-refractivity contribution in [3.63, 3.8) is 0 Å². The third-order valence-corrected chi connectivity index (χ3v) is 1.52. The van der Waals surface area contributed by atoms with E-state index in [0.29, 0.717) is 0 Å². The van der Waals surface area contributed by atoms with Crippen LogP contribution in [0.15, 0.2) is 0 Å². The van der Waals surface area contributed by atoms with Crippen molar-refractivity contribution in [3.8, 4) is 0 Å². The van der Waals surface area contributed by atoms with E-state index < -0.39 is 0 Å². The summed E-state index contributed by atoms with van der Waals surface area (Å²) in [4.78, 5) is 0. The molecule has 0 aromatic carbocycles. The molecule has 0 amide bonds. The van der Waals surface area contributed by atoms with Gasteiger partial charge >= 0.3 is 0 Å². The van der Waals surface area contributed by atoms with Crippen LogP contribution in [0, 0.1) is 0 Å². The summed E-state index contributed by atoms with van der Waals surface area (Å²) < 4.78 is 10.7. The van der Waals surface area contributed by atoms with E-state index in [1.165, 1.54) is 0 Å². The van der Waals surface area contributed by atoms with Gasteiger partial charge in [0.1, 0.15) is 0 Å². The monoisotopic (exact) mass is 146 g/mol. The Balaban J connectivity index is 3.38. The molecule has 0 fully saturated rings. The lowest BCUT2D eigenvalue weighted by molar-refractivity contribution is -0.0489. The van der Waals surface area contributed by atoms with Crippen LogP contribution >= 0.6 is 0 Å². The summed E-state index contributed by atoms with van der Waals surface area (Å²) in [6.07, 6.45) is 0.426. The van der Waals surface area contributed by atoms with Crippen LogP contribution in [-0.4, -0.2) is 25.4 Å². The third-order valence-electron chi connectivity index (χ3n) is 1.52. The summed E-state index contributed by atoms with van der Waals surface area (Å²) in [7, 11) is 0. The van der Waals surface area contributed by atoms with Crippen molar-refractivity contribution in [2.45, 2.75) is 39.9 Å². The van der Waals surface area contributed by atoms with Crippen LogP contribution in [0.5, 0.6) is 0 Å². The molecule has 0 saturated carbocycles. The topological polar surface area (TPSA) is 18.5 Å². The van der Waals surface area contributed by atoms with E-state index in [2.05, 4.69) is 0 Å². The fourth-order valence-electron chi connectivity index (χ4n) is 0.797. The lowest BCUT2D eigenvalue weighted by Gasteiger charge is -2.19. The van der Waals surface area contributed by atoms with E-state index in [0.717, 1.165) is 13.2 Å². The third kappa shape index (κ3) is 3.85. The second-order valence-electron chi connectivity index (χ2n) is 2.32. The van der Waals surface area contributed by atoms with E-state index in [-0.39, 0.29) is 12.2 Å². The summed E-state index contributed by atoms with van der Waals surface area (Å²) >= 11 is 0. The van der Waals surface area contributed by atoms with Crippen LogP contribution in [0.2, 0.25) is 0 Å². The van der Waals surface area contributed by atoms with Gasteiger partial charge in [-0.3, -0.25) is 0 Å². The first-order chi connectivity index (χ1) is 4.72. The standard InChI is InChI=1S/C8H18O2/c1-5-9-7(3)8(4)10-6-2/h7-8H,5-6H2,1-4H3/t7-,8-/m1/s1. The molecule has 0 rings (SSSR count). The average Bonchev–Trinajstić information content (AvgIpc) is 1.89. The van der Waals surface area contributed by atoms with Crippen LogP contribution in [0.1, 0.15) is 27.7 Å². The lowest BCUT2D eigenvalue weighted by Crippen LogP contribution is -2.25. The highest BCUT2D eigenvalue weighted by Crippen LogP contribution is 2.01. The van der Waals surface area contributed by atoms with E-state index >= 15 is 0 Å². The number of hydrogen-bond donors (Lipinski definition) is 0. The van der Waals surface area contributed by atoms with E-state index in [4.69, 9.17) is 9.47 Å². The predicted octanol–water partition coefficient (Wildman–Crippen LogP) is 1.84. The minimum absolute atomic E-state index is 0.213. The first kappa shape index (κ1) is 9.92. The van der Waals surface area contributed by atoms with E-state index in [9.17, 15) is 0 Å². The van der Waals surface area contributed by atoms with Gasteiger partial charge in [-0.2, -0.15) is 0 Å². The van der Waals surface area contributed by atoms with Gasteiger partial charge in [-0.05, 0) is 27.7 Å². The van der Waals surface area contributed by atoms with Crippen LogP contribution in [0.3, 0.4) is 0 Å². The molecule has 0 radical (unpaired) electrons. The first-order valence-electron chi connectivity index (χ1n) is 3.95. The number of ether oxygens (including phenoxy) is 2.